The summed E-state index contributed by atoms with van der Waals surface area (Å²) in [5.41, 5.74) is 1.90. The summed E-state index contributed by atoms with van der Waals surface area (Å²) in [5, 5.41) is 0.655. The molecule has 29 heavy (non-hydrogen) atoms. The van der Waals surface area contributed by atoms with Crippen LogP contribution in [0.15, 0.2) is 78.9 Å². The number of hydrogen-bond donors (Lipinski definition) is 0. The molecule has 1 aliphatic rings. The van der Waals surface area contributed by atoms with Crippen molar-refractivity contribution in [3.63, 3.8) is 0 Å². The quantitative estimate of drug-likeness (QED) is 0.498. The van der Waals surface area contributed by atoms with Crippen LogP contribution in [0.5, 0.6) is 11.5 Å². The molecule has 6 heteroatoms. The van der Waals surface area contributed by atoms with E-state index in [0.29, 0.717) is 23.2 Å². The largest absolute Gasteiger partial charge is 0.485 e. The van der Waals surface area contributed by atoms with Crippen molar-refractivity contribution in [2.75, 3.05) is 11.5 Å². The van der Waals surface area contributed by atoms with Crippen LogP contribution in [0.4, 0.5) is 5.13 Å². The summed E-state index contributed by atoms with van der Waals surface area (Å²) in [6, 6.07) is 25.2. The Balaban J connectivity index is 1.48. The second-order valence-corrected chi connectivity index (χ2v) is 7.75. The number of para-hydroxylation sites is 3. The number of hydrogen-bond acceptors (Lipinski definition) is 5. The predicted octanol–water partition coefficient (Wildman–Crippen LogP) is 4.67. The molecule has 0 radical (unpaired) electrons. The summed E-state index contributed by atoms with van der Waals surface area (Å²) in [7, 11) is 0. The van der Waals surface area contributed by atoms with E-state index in [1.807, 2.05) is 78.9 Å². The Labute approximate surface area is 172 Å². The molecule has 1 aromatic heterocycles. The minimum atomic E-state index is -0.722. The van der Waals surface area contributed by atoms with Crippen LogP contribution in [-0.2, 0) is 11.3 Å². The van der Waals surface area contributed by atoms with Crippen LogP contribution < -0.4 is 14.4 Å². The van der Waals surface area contributed by atoms with Crippen molar-refractivity contribution in [2.24, 2.45) is 0 Å². The molecule has 0 saturated heterocycles. The van der Waals surface area contributed by atoms with Crippen LogP contribution in [-0.4, -0.2) is 23.6 Å². The number of ether oxygens (including phenoxy) is 2. The van der Waals surface area contributed by atoms with Crippen LogP contribution in [0.1, 0.15) is 5.56 Å². The van der Waals surface area contributed by atoms with Crippen molar-refractivity contribution in [1.29, 1.82) is 0 Å². The zero-order chi connectivity index (χ0) is 19.6. The number of anilines is 1. The molecule has 4 aromatic rings. The lowest BCUT2D eigenvalue weighted by Crippen LogP contribution is -2.46. The number of nitrogens with zero attached hydrogens (tertiary/aromatic N) is 2. The van der Waals surface area contributed by atoms with E-state index in [1.165, 1.54) is 11.3 Å². The van der Waals surface area contributed by atoms with Gasteiger partial charge in [-0.05, 0) is 29.8 Å². The first-order valence-corrected chi connectivity index (χ1v) is 10.2. The molecule has 0 saturated carbocycles. The second kappa shape index (κ2) is 7.56. The molecule has 5 rings (SSSR count). The zero-order valence-corrected chi connectivity index (χ0v) is 16.3. The van der Waals surface area contributed by atoms with Crippen LogP contribution in [0.2, 0.25) is 0 Å². The second-order valence-electron chi connectivity index (χ2n) is 6.74. The van der Waals surface area contributed by atoms with Crippen LogP contribution >= 0.6 is 11.3 Å². The number of aromatic nitrogens is 1. The lowest BCUT2D eigenvalue weighted by molar-refractivity contribution is -0.127. The highest BCUT2D eigenvalue weighted by Gasteiger charge is 2.33. The molecule has 0 spiro atoms. The lowest BCUT2D eigenvalue weighted by atomic mass is 10.2. The Kier molecular flexibility index (Phi) is 4.62. The molecule has 0 fully saturated rings. The standard InChI is InChI=1S/C23H18N2O3S/c26-22(20-15-27-18-11-5-6-12-19(18)28-20)25(14-16-8-2-1-3-9-16)23-24-17-10-4-7-13-21(17)29-23/h1-13,20H,14-15H2. The van der Waals surface area contributed by atoms with Gasteiger partial charge in [-0.1, -0.05) is 65.9 Å². The third-order valence-electron chi connectivity index (χ3n) is 4.75. The fourth-order valence-corrected chi connectivity index (χ4v) is 4.27. The molecule has 1 aliphatic heterocycles. The van der Waals surface area contributed by atoms with Gasteiger partial charge in [-0.3, -0.25) is 9.69 Å². The van der Waals surface area contributed by atoms with Gasteiger partial charge in [0.15, 0.2) is 16.6 Å². The summed E-state index contributed by atoms with van der Waals surface area (Å²) in [6.45, 7) is 0.590. The van der Waals surface area contributed by atoms with Crippen LogP contribution in [0.25, 0.3) is 10.2 Å². The maximum atomic E-state index is 13.5. The third kappa shape index (κ3) is 3.54. The van der Waals surface area contributed by atoms with Crippen molar-refractivity contribution >= 4 is 32.6 Å². The summed E-state index contributed by atoms with van der Waals surface area (Å²) in [4.78, 5) is 19.9. The van der Waals surface area contributed by atoms with E-state index >= 15 is 0 Å². The minimum Gasteiger partial charge on any atom is -0.485 e. The highest BCUT2D eigenvalue weighted by atomic mass is 32.1. The number of carbonyl (C=O) groups excluding carboxylic acids is 1. The van der Waals surface area contributed by atoms with Crippen molar-refractivity contribution < 1.29 is 14.3 Å². The number of benzene rings is 3. The number of amides is 1. The molecule has 1 unspecified atom stereocenters. The monoisotopic (exact) mass is 402 g/mol. The Morgan fingerprint density at radius 1 is 0.966 bits per heavy atom. The van der Waals surface area contributed by atoms with Crippen molar-refractivity contribution in [3.8, 4) is 11.5 Å². The highest BCUT2D eigenvalue weighted by molar-refractivity contribution is 7.22. The van der Waals surface area contributed by atoms with E-state index in [0.717, 1.165) is 15.8 Å². The van der Waals surface area contributed by atoms with Gasteiger partial charge in [0.05, 0.1) is 16.8 Å². The van der Waals surface area contributed by atoms with Crippen LogP contribution in [0.3, 0.4) is 0 Å². The minimum absolute atomic E-state index is 0.164. The number of thiazole rings is 1. The molecular weight excluding hydrogens is 384 g/mol. The number of fused-ring (bicyclic) bond motifs is 2. The van der Waals surface area contributed by atoms with E-state index in [4.69, 9.17) is 14.5 Å². The normalized spacial score (nSPS) is 15.2. The average Bonchev–Trinajstić information content (AvgIpc) is 3.21. The molecule has 1 amide bonds. The van der Waals surface area contributed by atoms with Crippen LogP contribution in [0, 0.1) is 0 Å². The van der Waals surface area contributed by atoms with E-state index in [2.05, 4.69) is 0 Å². The smallest absolute Gasteiger partial charge is 0.273 e. The molecule has 144 valence electrons. The first kappa shape index (κ1) is 17.7. The number of rotatable bonds is 4. The van der Waals surface area contributed by atoms with E-state index in [1.54, 1.807) is 4.90 Å². The van der Waals surface area contributed by atoms with Gasteiger partial charge >= 0.3 is 0 Å². The molecule has 1 atom stereocenters. The fourth-order valence-electron chi connectivity index (χ4n) is 3.30. The highest BCUT2D eigenvalue weighted by Crippen LogP contribution is 2.34. The van der Waals surface area contributed by atoms with E-state index in [-0.39, 0.29) is 12.5 Å². The summed E-state index contributed by atoms with van der Waals surface area (Å²) in [5.74, 6) is 1.08. The van der Waals surface area contributed by atoms with E-state index < -0.39 is 6.10 Å². The summed E-state index contributed by atoms with van der Waals surface area (Å²) >= 11 is 1.50. The van der Waals surface area contributed by atoms with E-state index in [9.17, 15) is 4.79 Å². The molecule has 0 aliphatic carbocycles. The Hall–Kier alpha value is -3.38. The van der Waals surface area contributed by atoms with Gasteiger partial charge in [0, 0.05) is 0 Å². The summed E-state index contributed by atoms with van der Waals surface area (Å²) < 4.78 is 12.8. The SMILES string of the molecule is O=C(C1COc2ccccc2O1)N(Cc1ccccc1)c1nc2ccccc2s1. The Bertz CT molecular complexity index is 1130. The summed E-state index contributed by atoms with van der Waals surface area (Å²) in [6.07, 6.45) is -0.722. The molecular formula is C23H18N2O3S. The van der Waals surface area contributed by atoms with Gasteiger partial charge in [-0.25, -0.2) is 4.98 Å². The molecule has 3 aromatic carbocycles. The van der Waals surface area contributed by atoms with Crippen molar-refractivity contribution in [3.05, 3.63) is 84.4 Å². The first-order valence-electron chi connectivity index (χ1n) is 9.37. The molecule has 5 nitrogen and oxygen atoms in total. The lowest BCUT2D eigenvalue weighted by Gasteiger charge is -2.29. The van der Waals surface area contributed by atoms with Crippen molar-refractivity contribution in [1.82, 2.24) is 4.98 Å². The Morgan fingerprint density at radius 3 is 2.52 bits per heavy atom. The topological polar surface area (TPSA) is 51.7 Å². The Morgan fingerprint density at radius 2 is 1.69 bits per heavy atom. The van der Waals surface area contributed by atoms with Gasteiger partial charge in [-0.2, -0.15) is 0 Å². The molecule has 0 N–H and O–H groups in total. The average molecular weight is 402 g/mol. The van der Waals surface area contributed by atoms with Gasteiger partial charge in [-0.15, -0.1) is 0 Å². The maximum absolute atomic E-state index is 13.5. The van der Waals surface area contributed by atoms with Gasteiger partial charge < -0.3 is 9.47 Å². The van der Waals surface area contributed by atoms with Gasteiger partial charge in [0.1, 0.15) is 6.61 Å². The van der Waals surface area contributed by atoms with Gasteiger partial charge in [0.25, 0.3) is 5.91 Å². The fraction of sp³-hybridized carbons (Fsp3) is 0.130. The maximum Gasteiger partial charge on any atom is 0.273 e. The van der Waals surface area contributed by atoms with Gasteiger partial charge in [0.2, 0.25) is 6.10 Å². The molecule has 0 bridgehead atoms. The van der Waals surface area contributed by atoms with Crippen molar-refractivity contribution in [2.45, 2.75) is 12.6 Å². The third-order valence-corrected chi connectivity index (χ3v) is 5.81. The predicted molar refractivity (Wildman–Crippen MR) is 114 cm³/mol. The number of carbonyl (C=O) groups is 1. The first-order chi connectivity index (χ1) is 14.3. The molecule has 2 heterocycles. The zero-order valence-electron chi connectivity index (χ0n) is 15.5.